The van der Waals surface area contributed by atoms with Gasteiger partial charge in [-0.3, -0.25) is 0 Å². The molecule has 2 aromatic heterocycles. The van der Waals surface area contributed by atoms with Gasteiger partial charge in [-0.05, 0) is 19.1 Å². The van der Waals surface area contributed by atoms with Crippen molar-refractivity contribution in [1.29, 1.82) is 0 Å². The number of fused-ring (bicyclic) bond motifs is 1. The number of pyridine rings is 1. The summed E-state index contributed by atoms with van der Waals surface area (Å²) >= 11 is 6.12. The van der Waals surface area contributed by atoms with Crippen molar-refractivity contribution in [3.8, 4) is 5.88 Å². The van der Waals surface area contributed by atoms with Crippen LogP contribution in [0.15, 0.2) is 42.9 Å². The lowest BCUT2D eigenvalue weighted by molar-refractivity contribution is 0.297. The fourth-order valence-corrected chi connectivity index (χ4v) is 2.28. The van der Waals surface area contributed by atoms with Gasteiger partial charge in [0.25, 0.3) is 0 Å². The Morgan fingerprint density at radius 2 is 2.05 bits per heavy atom. The van der Waals surface area contributed by atoms with Crippen LogP contribution in [-0.4, -0.2) is 14.5 Å². The van der Waals surface area contributed by atoms with Gasteiger partial charge in [0.1, 0.15) is 6.61 Å². The van der Waals surface area contributed by atoms with Gasteiger partial charge in [0, 0.05) is 23.3 Å². The van der Waals surface area contributed by atoms with Crippen LogP contribution in [0.4, 0.5) is 0 Å². The number of hydrogen-bond acceptors (Lipinski definition) is 3. The quantitative estimate of drug-likeness (QED) is 0.735. The van der Waals surface area contributed by atoms with Crippen molar-refractivity contribution in [2.45, 2.75) is 20.1 Å². The van der Waals surface area contributed by atoms with Gasteiger partial charge in [0.15, 0.2) is 5.52 Å². The van der Waals surface area contributed by atoms with Gasteiger partial charge >= 0.3 is 0 Å². The van der Waals surface area contributed by atoms with E-state index >= 15 is 0 Å². The van der Waals surface area contributed by atoms with E-state index in [-0.39, 0.29) is 0 Å². The summed E-state index contributed by atoms with van der Waals surface area (Å²) in [5, 5.41) is 0.693. The van der Waals surface area contributed by atoms with E-state index in [0.29, 0.717) is 17.5 Å². The monoisotopic (exact) mass is 287 g/mol. The SMILES string of the molecule is CCn1cnc2c(OCc3ccccc3Cl)nccc21. The summed E-state index contributed by atoms with van der Waals surface area (Å²) in [6, 6.07) is 9.56. The van der Waals surface area contributed by atoms with Crippen LogP contribution in [0.3, 0.4) is 0 Å². The lowest BCUT2D eigenvalue weighted by Gasteiger charge is -2.07. The Morgan fingerprint density at radius 3 is 2.85 bits per heavy atom. The summed E-state index contributed by atoms with van der Waals surface area (Å²) in [5.74, 6) is 0.537. The highest BCUT2D eigenvalue weighted by Crippen LogP contribution is 2.23. The van der Waals surface area contributed by atoms with Gasteiger partial charge < -0.3 is 9.30 Å². The van der Waals surface area contributed by atoms with Crippen molar-refractivity contribution < 1.29 is 4.74 Å². The molecule has 0 N–H and O–H groups in total. The Balaban J connectivity index is 1.88. The van der Waals surface area contributed by atoms with Crippen molar-refractivity contribution in [2.75, 3.05) is 0 Å². The van der Waals surface area contributed by atoms with Gasteiger partial charge in [-0.2, -0.15) is 0 Å². The second-order valence-corrected chi connectivity index (χ2v) is 4.80. The van der Waals surface area contributed by atoms with E-state index in [4.69, 9.17) is 16.3 Å². The largest absolute Gasteiger partial charge is 0.471 e. The third kappa shape index (κ3) is 2.34. The van der Waals surface area contributed by atoms with Crippen molar-refractivity contribution in [3.05, 3.63) is 53.4 Å². The molecular formula is C15H14ClN3O. The summed E-state index contributed by atoms with van der Waals surface area (Å²) in [4.78, 5) is 8.62. The van der Waals surface area contributed by atoms with Gasteiger partial charge in [-0.1, -0.05) is 29.8 Å². The van der Waals surface area contributed by atoms with Crippen LogP contribution in [0.25, 0.3) is 11.0 Å². The van der Waals surface area contributed by atoms with E-state index < -0.39 is 0 Å². The molecule has 2 heterocycles. The topological polar surface area (TPSA) is 39.9 Å². The number of hydrogen-bond donors (Lipinski definition) is 0. The fraction of sp³-hybridized carbons (Fsp3) is 0.200. The second-order valence-electron chi connectivity index (χ2n) is 4.39. The number of imidazole rings is 1. The smallest absolute Gasteiger partial charge is 0.242 e. The number of aryl methyl sites for hydroxylation is 1. The van der Waals surface area contributed by atoms with Gasteiger partial charge in [0.05, 0.1) is 11.8 Å². The number of rotatable bonds is 4. The van der Waals surface area contributed by atoms with E-state index in [1.165, 1.54) is 0 Å². The highest BCUT2D eigenvalue weighted by atomic mass is 35.5. The number of aromatic nitrogens is 3. The zero-order valence-corrected chi connectivity index (χ0v) is 11.8. The minimum absolute atomic E-state index is 0.380. The van der Waals surface area contributed by atoms with Gasteiger partial charge in [-0.25, -0.2) is 9.97 Å². The maximum absolute atomic E-state index is 6.12. The van der Waals surface area contributed by atoms with Crippen LogP contribution >= 0.6 is 11.6 Å². The molecule has 0 aliphatic rings. The molecule has 5 heteroatoms. The van der Waals surface area contributed by atoms with Crippen LogP contribution in [0, 0.1) is 0 Å². The minimum Gasteiger partial charge on any atom is -0.471 e. The first-order chi connectivity index (χ1) is 9.79. The van der Waals surface area contributed by atoms with Crippen LogP contribution < -0.4 is 4.74 Å². The Labute approximate surface area is 122 Å². The van der Waals surface area contributed by atoms with E-state index in [1.807, 2.05) is 30.3 Å². The molecule has 0 fully saturated rings. The number of nitrogens with zero attached hydrogens (tertiary/aromatic N) is 3. The molecule has 4 nitrogen and oxygen atoms in total. The summed E-state index contributed by atoms with van der Waals surface area (Å²) < 4.78 is 7.83. The Bertz CT molecular complexity index is 739. The van der Waals surface area contributed by atoms with Crippen molar-refractivity contribution in [2.24, 2.45) is 0 Å². The molecule has 0 spiro atoms. The van der Waals surface area contributed by atoms with E-state index in [2.05, 4.69) is 21.5 Å². The molecule has 0 atom stereocenters. The van der Waals surface area contributed by atoms with E-state index in [0.717, 1.165) is 23.1 Å². The molecular weight excluding hydrogens is 274 g/mol. The molecule has 1 aromatic carbocycles. The molecule has 3 aromatic rings. The summed E-state index contributed by atoms with van der Waals surface area (Å²) in [6.45, 7) is 3.32. The number of ether oxygens (including phenoxy) is 1. The molecule has 0 aliphatic heterocycles. The summed E-state index contributed by atoms with van der Waals surface area (Å²) in [6.07, 6.45) is 3.53. The van der Waals surface area contributed by atoms with Crippen LogP contribution in [-0.2, 0) is 13.2 Å². The number of benzene rings is 1. The normalized spacial score (nSPS) is 10.9. The maximum Gasteiger partial charge on any atom is 0.242 e. The summed E-state index contributed by atoms with van der Waals surface area (Å²) in [7, 11) is 0. The molecule has 0 amide bonds. The molecule has 0 saturated heterocycles. The highest BCUT2D eigenvalue weighted by Gasteiger charge is 2.09. The Morgan fingerprint density at radius 1 is 1.20 bits per heavy atom. The van der Waals surface area contributed by atoms with Crippen LogP contribution in [0.2, 0.25) is 5.02 Å². The Hall–Kier alpha value is -2.07. The first-order valence-electron chi connectivity index (χ1n) is 6.45. The van der Waals surface area contributed by atoms with Crippen molar-refractivity contribution >= 4 is 22.6 Å². The average Bonchev–Trinajstić information content (AvgIpc) is 2.90. The average molecular weight is 288 g/mol. The Kier molecular flexibility index (Phi) is 3.56. The van der Waals surface area contributed by atoms with Crippen molar-refractivity contribution in [1.82, 2.24) is 14.5 Å². The highest BCUT2D eigenvalue weighted by molar-refractivity contribution is 6.31. The predicted octanol–water partition coefficient (Wildman–Crippen LogP) is 3.68. The standard InChI is InChI=1S/C15H14ClN3O/c1-2-19-10-18-14-13(19)7-8-17-15(14)20-9-11-5-3-4-6-12(11)16/h3-8,10H,2,9H2,1H3. The third-order valence-corrected chi connectivity index (χ3v) is 3.54. The third-order valence-electron chi connectivity index (χ3n) is 3.17. The van der Waals surface area contributed by atoms with Gasteiger partial charge in [0.2, 0.25) is 5.88 Å². The second kappa shape index (κ2) is 5.51. The van der Waals surface area contributed by atoms with Crippen molar-refractivity contribution in [3.63, 3.8) is 0 Å². The van der Waals surface area contributed by atoms with Crippen LogP contribution in [0.5, 0.6) is 5.88 Å². The maximum atomic E-state index is 6.12. The predicted molar refractivity (Wildman–Crippen MR) is 79.0 cm³/mol. The molecule has 0 saturated carbocycles. The first-order valence-corrected chi connectivity index (χ1v) is 6.83. The molecule has 0 bridgehead atoms. The van der Waals surface area contributed by atoms with Crippen LogP contribution in [0.1, 0.15) is 12.5 Å². The molecule has 0 radical (unpaired) electrons. The first kappa shape index (κ1) is 12.9. The molecule has 20 heavy (non-hydrogen) atoms. The fourth-order valence-electron chi connectivity index (χ4n) is 2.09. The van der Waals surface area contributed by atoms with E-state index in [9.17, 15) is 0 Å². The zero-order valence-electron chi connectivity index (χ0n) is 11.1. The summed E-state index contributed by atoms with van der Waals surface area (Å²) in [5.41, 5.74) is 2.74. The number of halogens is 1. The minimum atomic E-state index is 0.380. The van der Waals surface area contributed by atoms with E-state index in [1.54, 1.807) is 12.5 Å². The molecule has 102 valence electrons. The van der Waals surface area contributed by atoms with Gasteiger partial charge in [-0.15, -0.1) is 0 Å². The zero-order chi connectivity index (χ0) is 13.9. The molecule has 3 rings (SSSR count). The lowest BCUT2D eigenvalue weighted by Crippen LogP contribution is -1.99. The lowest BCUT2D eigenvalue weighted by atomic mass is 10.2. The molecule has 0 unspecified atom stereocenters. The molecule has 0 aliphatic carbocycles.